The first-order valence-electron chi connectivity index (χ1n) is 4.31. The van der Waals surface area contributed by atoms with Gasteiger partial charge in [0.1, 0.15) is 6.73 Å². The van der Waals surface area contributed by atoms with Crippen LogP contribution in [0.1, 0.15) is 6.42 Å². The molecular formula is C6H14F2N3O5P. The molecule has 0 aromatic carbocycles. The van der Waals surface area contributed by atoms with Crippen molar-refractivity contribution in [3.63, 3.8) is 0 Å². The van der Waals surface area contributed by atoms with Gasteiger partial charge < -0.3 is 31.1 Å². The van der Waals surface area contributed by atoms with Crippen LogP contribution in [-0.2, 0) is 9.30 Å². The minimum absolute atomic E-state index is 0.344. The van der Waals surface area contributed by atoms with Gasteiger partial charge >= 0.3 is 13.3 Å². The minimum atomic E-state index is -5.60. The predicted molar refractivity (Wildman–Crippen MR) is 54.2 cm³/mol. The second-order valence-electron chi connectivity index (χ2n) is 3.10. The van der Waals surface area contributed by atoms with Crippen LogP contribution < -0.4 is 11.5 Å². The van der Waals surface area contributed by atoms with Crippen LogP contribution in [0.5, 0.6) is 0 Å². The molecule has 0 amide bonds. The molecule has 0 heterocycles. The summed E-state index contributed by atoms with van der Waals surface area (Å²) >= 11 is 0. The van der Waals surface area contributed by atoms with Gasteiger partial charge in [0.05, 0.1) is 19.1 Å². The van der Waals surface area contributed by atoms with Crippen molar-refractivity contribution in [2.24, 2.45) is 16.5 Å². The van der Waals surface area contributed by atoms with E-state index in [9.17, 15) is 13.3 Å². The number of rotatable bonds is 7. The van der Waals surface area contributed by atoms with Crippen molar-refractivity contribution in [2.75, 3.05) is 13.3 Å². The van der Waals surface area contributed by atoms with Gasteiger partial charge in [-0.15, -0.1) is 0 Å². The van der Waals surface area contributed by atoms with Gasteiger partial charge in [0.25, 0.3) is 0 Å². The van der Waals surface area contributed by atoms with Crippen LogP contribution in [0, 0.1) is 0 Å². The lowest BCUT2D eigenvalue weighted by atomic mass is 10.3. The number of halogens is 2. The molecule has 0 fully saturated rings. The number of aliphatic hydroxyl groups is 1. The zero-order chi connectivity index (χ0) is 13.7. The van der Waals surface area contributed by atoms with Gasteiger partial charge in [-0.1, -0.05) is 0 Å². The number of aliphatic imine (C=N–C) groups is 1. The average Bonchev–Trinajstić information content (AvgIpc) is 2.13. The van der Waals surface area contributed by atoms with Gasteiger partial charge in [-0.25, -0.2) is 4.99 Å². The van der Waals surface area contributed by atoms with Crippen LogP contribution >= 0.6 is 7.60 Å². The predicted octanol–water partition coefficient (Wildman–Crippen LogP) is -1.24. The fourth-order valence-corrected chi connectivity index (χ4v) is 1.23. The van der Waals surface area contributed by atoms with E-state index >= 15 is 0 Å². The van der Waals surface area contributed by atoms with Crippen molar-refractivity contribution in [3.05, 3.63) is 0 Å². The Kier molecular flexibility index (Phi) is 5.93. The molecule has 0 aliphatic rings. The van der Waals surface area contributed by atoms with Gasteiger partial charge in [0.15, 0.2) is 5.96 Å². The summed E-state index contributed by atoms with van der Waals surface area (Å²) in [5.74, 6) is -0.344. The average molecular weight is 277 g/mol. The molecule has 0 saturated heterocycles. The van der Waals surface area contributed by atoms with Crippen molar-refractivity contribution in [1.29, 1.82) is 0 Å². The molecule has 11 heteroatoms. The molecule has 0 rings (SSSR count). The number of nitrogens with zero attached hydrogens (tertiary/aromatic N) is 1. The molecule has 17 heavy (non-hydrogen) atoms. The Hall–Kier alpha value is -0.800. The lowest BCUT2D eigenvalue weighted by molar-refractivity contribution is -0.0470. The van der Waals surface area contributed by atoms with Gasteiger partial charge in [-0.05, 0) is 0 Å². The summed E-state index contributed by atoms with van der Waals surface area (Å²) in [6.45, 7) is -1.35. The van der Waals surface area contributed by atoms with Crippen LogP contribution in [0.25, 0.3) is 0 Å². The molecule has 0 radical (unpaired) electrons. The normalized spacial score (nSPS) is 14.4. The molecular weight excluding hydrogens is 263 g/mol. The molecule has 1 atom stereocenters. The minimum Gasteiger partial charge on any atom is -0.394 e. The molecule has 8 nitrogen and oxygen atoms in total. The van der Waals surface area contributed by atoms with Gasteiger partial charge in [0, 0.05) is 0 Å². The highest BCUT2D eigenvalue weighted by Gasteiger charge is 2.50. The number of ether oxygens (including phenoxy) is 1. The Morgan fingerprint density at radius 3 is 2.35 bits per heavy atom. The number of hydrogen-bond acceptors (Lipinski definition) is 4. The van der Waals surface area contributed by atoms with E-state index in [1.54, 1.807) is 0 Å². The van der Waals surface area contributed by atoms with E-state index in [4.69, 9.17) is 26.4 Å². The highest BCUT2D eigenvalue weighted by molar-refractivity contribution is 7.53. The van der Waals surface area contributed by atoms with Gasteiger partial charge in [-0.3, -0.25) is 4.57 Å². The molecule has 102 valence electrons. The zero-order valence-corrected chi connectivity index (χ0v) is 9.56. The van der Waals surface area contributed by atoms with Crippen LogP contribution in [0.2, 0.25) is 0 Å². The smallest absolute Gasteiger partial charge is 0.394 e. The van der Waals surface area contributed by atoms with Crippen molar-refractivity contribution in [1.82, 2.24) is 0 Å². The second-order valence-corrected chi connectivity index (χ2v) is 4.84. The van der Waals surface area contributed by atoms with E-state index < -0.39 is 39.1 Å². The number of nitrogens with two attached hydrogens (primary N) is 2. The van der Waals surface area contributed by atoms with E-state index in [1.165, 1.54) is 0 Å². The topological polar surface area (TPSA) is 151 Å². The van der Waals surface area contributed by atoms with E-state index in [0.29, 0.717) is 0 Å². The first kappa shape index (κ1) is 16.2. The van der Waals surface area contributed by atoms with Gasteiger partial charge in [0.2, 0.25) is 0 Å². The maximum absolute atomic E-state index is 12.9. The Bertz CT molecular complexity index is 317. The standard InChI is InChI=1S/C6H14F2N3O5P/c7-6(8,17(13,14)15)1-4(2-12)16-3-11-5(9)10/h4,12H,1-3H2,(H4,9,10,11)(H2,13,14,15). The summed E-state index contributed by atoms with van der Waals surface area (Å²) in [6, 6.07) is 0. The van der Waals surface area contributed by atoms with Crippen LogP contribution in [0.3, 0.4) is 0 Å². The number of hydrogen-bond donors (Lipinski definition) is 5. The second kappa shape index (κ2) is 6.22. The molecule has 0 aliphatic carbocycles. The molecule has 0 bridgehead atoms. The lowest BCUT2D eigenvalue weighted by Crippen LogP contribution is -2.30. The fourth-order valence-electron chi connectivity index (χ4n) is 0.786. The summed E-state index contributed by atoms with van der Waals surface area (Å²) in [5.41, 5.74) is 5.58. The first-order chi connectivity index (χ1) is 7.60. The van der Waals surface area contributed by atoms with Crippen molar-refractivity contribution >= 4 is 13.6 Å². The third-order valence-corrected chi connectivity index (χ3v) is 2.70. The quantitative estimate of drug-likeness (QED) is 0.221. The molecule has 0 aromatic rings. The molecule has 1 unspecified atom stereocenters. The molecule has 7 N–H and O–H groups in total. The van der Waals surface area contributed by atoms with Gasteiger partial charge in [-0.2, -0.15) is 8.78 Å². The summed E-state index contributed by atoms with van der Waals surface area (Å²) in [4.78, 5) is 20.0. The highest BCUT2D eigenvalue weighted by atomic mass is 31.2. The number of aliphatic hydroxyl groups excluding tert-OH is 1. The first-order valence-corrected chi connectivity index (χ1v) is 5.92. The Labute approximate surface area is 95.4 Å². The van der Waals surface area contributed by atoms with Crippen molar-refractivity contribution < 1.29 is 33.0 Å². The Morgan fingerprint density at radius 1 is 1.47 bits per heavy atom. The number of guanidine groups is 1. The lowest BCUT2D eigenvalue weighted by Gasteiger charge is -2.22. The summed E-state index contributed by atoms with van der Waals surface area (Å²) in [6.07, 6.45) is -2.82. The van der Waals surface area contributed by atoms with Crippen molar-refractivity contribution in [2.45, 2.75) is 18.2 Å². The highest BCUT2D eigenvalue weighted by Crippen LogP contribution is 2.55. The van der Waals surface area contributed by atoms with Crippen molar-refractivity contribution in [3.8, 4) is 0 Å². The third kappa shape index (κ3) is 5.89. The van der Waals surface area contributed by atoms with E-state index in [0.717, 1.165) is 0 Å². The van der Waals surface area contributed by atoms with Crippen LogP contribution in [0.4, 0.5) is 8.78 Å². The number of alkyl halides is 2. The van der Waals surface area contributed by atoms with Crippen LogP contribution in [-0.4, -0.2) is 46.0 Å². The zero-order valence-electron chi connectivity index (χ0n) is 8.66. The maximum Gasteiger partial charge on any atom is 0.394 e. The summed E-state index contributed by atoms with van der Waals surface area (Å²) < 4.78 is 40.9. The van der Waals surface area contributed by atoms with Crippen LogP contribution in [0.15, 0.2) is 4.99 Å². The monoisotopic (exact) mass is 277 g/mol. The Balaban J connectivity index is 4.41. The molecule has 0 spiro atoms. The fraction of sp³-hybridized carbons (Fsp3) is 0.833. The van der Waals surface area contributed by atoms with E-state index in [-0.39, 0.29) is 5.96 Å². The summed E-state index contributed by atoms with van der Waals surface area (Å²) in [7, 11) is -5.60. The largest absolute Gasteiger partial charge is 0.394 e. The summed E-state index contributed by atoms with van der Waals surface area (Å²) in [5, 5.41) is 8.70. The molecule has 0 saturated carbocycles. The molecule has 0 aliphatic heterocycles. The van der Waals surface area contributed by atoms with E-state index in [2.05, 4.69) is 9.73 Å². The molecule has 0 aromatic heterocycles. The SMILES string of the molecule is NC(N)=NCOC(CO)CC(F)(F)P(=O)(O)O. The maximum atomic E-state index is 12.9. The third-order valence-electron chi connectivity index (χ3n) is 1.66. The Morgan fingerprint density at radius 2 is 2.00 bits per heavy atom. The van der Waals surface area contributed by atoms with E-state index in [1.807, 2.05) is 0 Å².